The zero-order chi connectivity index (χ0) is 17.3. The van der Waals surface area contributed by atoms with Crippen molar-refractivity contribution in [3.8, 4) is 6.07 Å². The Labute approximate surface area is 147 Å². The van der Waals surface area contributed by atoms with E-state index in [1.165, 1.54) is 0 Å². The number of hydrogen-bond donors (Lipinski definition) is 0. The zero-order valence-electron chi connectivity index (χ0n) is 13.8. The molecule has 0 fully saturated rings. The lowest BCUT2D eigenvalue weighted by Crippen LogP contribution is -2.08. The fourth-order valence-corrected chi connectivity index (χ4v) is 2.38. The third-order valence-electron chi connectivity index (χ3n) is 3.73. The summed E-state index contributed by atoms with van der Waals surface area (Å²) < 4.78 is 5.98. The van der Waals surface area contributed by atoms with Crippen LogP contribution in [-0.4, -0.2) is 5.90 Å². The molecule has 0 bridgehead atoms. The number of nitrogens with zero attached hydrogens (tertiary/aromatic N) is 2. The minimum Gasteiger partial charge on any atom is -0.473 e. The van der Waals surface area contributed by atoms with Gasteiger partial charge >= 0.3 is 0 Å². The van der Waals surface area contributed by atoms with Gasteiger partial charge in [0.25, 0.3) is 0 Å². The monoisotopic (exact) mass is 326 g/mol. The molecule has 0 unspecified atom stereocenters. The fourth-order valence-electron chi connectivity index (χ4n) is 2.38. The molecule has 122 valence electrons. The van der Waals surface area contributed by atoms with E-state index in [9.17, 15) is 0 Å². The Morgan fingerprint density at radius 2 is 1.40 bits per heavy atom. The number of benzene rings is 3. The molecular formula is C22H18N2O. The highest BCUT2D eigenvalue weighted by molar-refractivity contribution is 5.94. The van der Waals surface area contributed by atoms with E-state index in [-0.39, 0.29) is 0 Å². The summed E-state index contributed by atoms with van der Waals surface area (Å²) in [5.74, 6) is 0.581. The van der Waals surface area contributed by atoms with Crippen LogP contribution < -0.4 is 0 Å². The van der Waals surface area contributed by atoms with Crippen molar-refractivity contribution in [1.82, 2.24) is 0 Å². The van der Waals surface area contributed by atoms with Crippen molar-refractivity contribution in [3.05, 3.63) is 107 Å². The molecule has 0 heterocycles. The number of nitriles is 1. The van der Waals surface area contributed by atoms with Crippen molar-refractivity contribution < 1.29 is 4.74 Å². The molecule has 3 aromatic carbocycles. The lowest BCUT2D eigenvalue weighted by Gasteiger charge is -2.10. The number of aliphatic imine (C=N–C) groups is 1. The summed E-state index contributed by atoms with van der Waals surface area (Å²) in [5, 5.41) is 8.96. The SMILES string of the molecule is N#Cc1ccc(C(=NCc2ccccc2)OCc2ccccc2)cc1. The standard InChI is InChI=1S/C22H18N2O/c23-15-18-11-13-21(14-12-18)22(24-16-19-7-3-1-4-8-19)25-17-20-9-5-2-6-10-20/h1-14H,16-17H2. The van der Waals surface area contributed by atoms with E-state index in [4.69, 9.17) is 10.00 Å². The summed E-state index contributed by atoms with van der Waals surface area (Å²) in [4.78, 5) is 4.65. The molecule has 3 rings (SSSR count). The van der Waals surface area contributed by atoms with Crippen LogP contribution in [0.4, 0.5) is 0 Å². The van der Waals surface area contributed by atoms with Gasteiger partial charge in [-0.3, -0.25) is 0 Å². The Bertz CT molecular complexity index is 863. The first-order chi connectivity index (χ1) is 12.3. The van der Waals surface area contributed by atoms with E-state index in [0.717, 1.165) is 16.7 Å². The highest BCUT2D eigenvalue weighted by Gasteiger charge is 2.06. The fraction of sp³-hybridized carbons (Fsp3) is 0.0909. The summed E-state index contributed by atoms with van der Waals surface area (Å²) in [5.41, 5.74) is 3.69. The van der Waals surface area contributed by atoms with Crippen molar-refractivity contribution in [2.24, 2.45) is 4.99 Å². The maximum Gasteiger partial charge on any atom is 0.216 e. The van der Waals surface area contributed by atoms with Crippen LogP contribution in [0.25, 0.3) is 0 Å². The van der Waals surface area contributed by atoms with Gasteiger partial charge in [0.05, 0.1) is 18.2 Å². The zero-order valence-corrected chi connectivity index (χ0v) is 13.8. The van der Waals surface area contributed by atoms with Crippen molar-refractivity contribution in [3.63, 3.8) is 0 Å². The van der Waals surface area contributed by atoms with Gasteiger partial charge in [-0.05, 0) is 35.4 Å². The molecule has 0 radical (unpaired) electrons. The number of hydrogen-bond acceptors (Lipinski definition) is 3. The molecule has 0 aliphatic heterocycles. The third kappa shape index (κ3) is 4.79. The lowest BCUT2D eigenvalue weighted by atomic mass is 10.1. The smallest absolute Gasteiger partial charge is 0.216 e. The van der Waals surface area contributed by atoms with Crippen LogP contribution in [0.3, 0.4) is 0 Å². The van der Waals surface area contributed by atoms with E-state index in [0.29, 0.717) is 24.6 Å². The summed E-state index contributed by atoms with van der Waals surface area (Å²) in [7, 11) is 0. The molecule has 25 heavy (non-hydrogen) atoms. The van der Waals surface area contributed by atoms with Crippen LogP contribution in [-0.2, 0) is 17.9 Å². The molecule has 0 aromatic heterocycles. The molecule has 0 saturated heterocycles. The van der Waals surface area contributed by atoms with Crippen LogP contribution >= 0.6 is 0 Å². The van der Waals surface area contributed by atoms with Gasteiger partial charge in [-0.1, -0.05) is 60.7 Å². The molecule has 0 spiro atoms. The summed E-state index contributed by atoms with van der Waals surface area (Å²) in [6, 6.07) is 29.5. The van der Waals surface area contributed by atoms with Gasteiger partial charge in [-0.15, -0.1) is 0 Å². The first-order valence-corrected chi connectivity index (χ1v) is 8.11. The topological polar surface area (TPSA) is 45.4 Å². The summed E-state index contributed by atoms with van der Waals surface area (Å²) >= 11 is 0. The molecule has 0 atom stereocenters. The van der Waals surface area contributed by atoms with Crippen molar-refractivity contribution in [2.45, 2.75) is 13.2 Å². The Hall–Kier alpha value is -3.38. The Balaban J connectivity index is 1.80. The van der Waals surface area contributed by atoms with Gasteiger partial charge in [0.2, 0.25) is 5.90 Å². The predicted octanol–water partition coefficient (Wildman–Crippen LogP) is 4.72. The third-order valence-corrected chi connectivity index (χ3v) is 3.73. The second-order valence-corrected chi connectivity index (χ2v) is 5.57. The van der Waals surface area contributed by atoms with Gasteiger partial charge in [0.15, 0.2) is 0 Å². The van der Waals surface area contributed by atoms with Crippen molar-refractivity contribution in [1.29, 1.82) is 5.26 Å². The van der Waals surface area contributed by atoms with Gasteiger partial charge in [-0.2, -0.15) is 5.26 Å². The minimum atomic E-state index is 0.453. The molecule has 0 aliphatic rings. The van der Waals surface area contributed by atoms with Gasteiger partial charge in [0.1, 0.15) is 6.61 Å². The van der Waals surface area contributed by atoms with Gasteiger partial charge in [-0.25, -0.2) is 4.99 Å². The average molecular weight is 326 g/mol. The second kappa shape index (κ2) is 8.47. The highest BCUT2D eigenvalue weighted by atomic mass is 16.5. The van der Waals surface area contributed by atoms with E-state index >= 15 is 0 Å². The molecule has 3 nitrogen and oxygen atoms in total. The summed E-state index contributed by atoms with van der Waals surface area (Å²) in [6.07, 6.45) is 0. The van der Waals surface area contributed by atoms with Gasteiger partial charge in [0, 0.05) is 5.56 Å². The van der Waals surface area contributed by atoms with E-state index < -0.39 is 0 Å². The predicted molar refractivity (Wildman–Crippen MR) is 99.1 cm³/mol. The quantitative estimate of drug-likeness (QED) is 0.503. The number of rotatable bonds is 5. The Morgan fingerprint density at radius 1 is 0.800 bits per heavy atom. The molecule has 0 saturated carbocycles. The van der Waals surface area contributed by atoms with Crippen molar-refractivity contribution >= 4 is 5.90 Å². The first kappa shape index (κ1) is 16.5. The highest BCUT2D eigenvalue weighted by Crippen LogP contribution is 2.11. The normalized spacial score (nSPS) is 10.9. The minimum absolute atomic E-state index is 0.453. The lowest BCUT2D eigenvalue weighted by molar-refractivity contribution is 0.292. The van der Waals surface area contributed by atoms with Crippen LogP contribution in [0, 0.1) is 11.3 Å². The maximum atomic E-state index is 8.96. The molecule has 0 amide bonds. The first-order valence-electron chi connectivity index (χ1n) is 8.11. The largest absolute Gasteiger partial charge is 0.473 e. The molecular weight excluding hydrogens is 308 g/mol. The van der Waals surface area contributed by atoms with Crippen molar-refractivity contribution in [2.75, 3.05) is 0 Å². The van der Waals surface area contributed by atoms with Crippen LogP contribution in [0.1, 0.15) is 22.3 Å². The Morgan fingerprint density at radius 3 is 2.00 bits per heavy atom. The van der Waals surface area contributed by atoms with Crippen LogP contribution in [0.15, 0.2) is 89.9 Å². The second-order valence-electron chi connectivity index (χ2n) is 5.57. The van der Waals surface area contributed by atoms with Crippen LogP contribution in [0.5, 0.6) is 0 Å². The molecule has 3 aromatic rings. The van der Waals surface area contributed by atoms with E-state index in [1.807, 2.05) is 72.8 Å². The summed E-state index contributed by atoms with van der Waals surface area (Å²) in [6.45, 7) is 0.999. The average Bonchev–Trinajstić information content (AvgIpc) is 2.70. The molecule has 0 aliphatic carbocycles. The van der Waals surface area contributed by atoms with E-state index in [1.54, 1.807) is 12.1 Å². The molecule has 3 heteroatoms. The van der Waals surface area contributed by atoms with Gasteiger partial charge < -0.3 is 4.74 Å². The number of ether oxygens (including phenoxy) is 1. The molecule has 0 N–H and O–H groups in total. The van der Waals surface area contributed by atoms with E-state index in [2.05, 4.69) is 11.1 Å². The maximum absolute atomic E-state index is 8.96. The Kier molecular flexibility index (Phi) is 5.58. The van der Waals surface area contributed by atoms with Crippen LogP contribution in [0.2, 0.25) is 0 Å².